The van der Waals surface area contributed by atoms with E-state index in [1.54, 1.807) is 0 Å². The van der Waals surface area contributed by atoms with Crippen LogP contribution in [0.3, 0.4) is 0 Å². The van der Waals surface area contributed by atoms with Crippen LogP contribution >= 0.6 is 0 Å². The van der Waals surface area contributed by atoms with Crippen LogP contribution in [-0.2, 0) is 28.9 Å². The lowest BCUT2D eigenvalue weighted by molar-refractivity contribution is -0.298. The van der Waals surface area contributed by atoms with Crippen molar-refractivity contribution in [2.45, 2.75) is 294 Å². The summed E-state index contributed by atoms with van der Waals surface area (Å²) in [5.41, 5.74) is 0. The molecule has 0 aromatic carbocycles. The van der Waals surface area contributed by atoms with Crippen LogP contribution in [0.1, 0.15) is 251 Å². The van der Waals surface area contributed by atoms with Gasteiger partial charge in [0.15, 0.2) is 6.29 Å². The standard InChI is InChI=1S/C49H97NO11S/c1-3-5-7-9-11-13-15-17-19-21-23-25-27-29-31-33-35-37-39-45(53)50-42(41-59-49-47(55)48(61-62(56,57)58)46(54)44(40-51)60-49)43(52)38-36-34-32-30-28-26-24-22-20-18-16-14-12-10-8-6-4-2/h42-44,46-49,51-52,54-55H,3-41H2,1-2H3,(H,50,53)(H,56,57,58). The molecule has 0 spiro atoms. The van der Waals surface area contributed by atoms with Gasteiger partial charge in [0, 0.05) is 6.42 Å². The zero-order valence-electron chi connectivity index (χ0n) is 39.7. The molecular formula is C49H97NO11S. The van der Waals surface area contributed by atoms with E-state index >= 15 is 0 Å². The number of nitrogens with one attached hydrogen (secondary N) is 1. The fraction of sp³-hybridized carbons (Fsp3) is 0.980. The lowest BCUT2D eigenvalue weighted by Crippen LogP contribution is -2.61. The van der Waals surface area contributed by atoms with Crippen LogP contribution in [0.15, 0.2) is 0 Å². The van der Waals surface area contributed by atoms with Crippen LogP contribution < -0.4 is 5.32 Å². The molecule has 13 heteroatoms. The Balaban J connectivity index is 2.42. The second kappa shape index (κ2) is 40.4. The first-order valence-corrected chi connectivity index (χ1v) is 27.3. The van der Waals surface area contributed by atoms with Crippen molar-refractivity contribution >= 4 is 16.3 Å². The van der Waals surface area contributed by atoms with Crippen LogP contribution in [0.5, 0.6) is 0 Å². The molecule has 1 aliphatic rings. The second-order valence-corrected chi connectivity index (χ2v) is 19.5. The Hall–Kier alpha value is -0.900. The summed E-state index contributed by atoms with van der Waals surface area (Å²) in [4.78, 5) is 13.1. The number of aliphatic hydroxyl groups excluding tert-OH is 4. The zero-order chi connectivity index (χ0) is 45.5. The molecule has 1 fully saturated rings. The normalized spacial score (nSPS) is 20.4. The molecule has 1 aliphatic heterocycles. The maximum absolute atomic E-state index is 13.1. The SMILES string of the molecule is CCCCCCCCCCCCCCCCCCCCC(=O)NC(COC1OC(CO)C(O)C(OS(=O)(=O)O)C1O)C(O)CCCCCCCCCCCCCCCCCCC. The Labute approximate surface area is 379 Å². The highest BCUT2D eigenvalue weighted by molar-refractivity contribution is 7.80. The summed E-state index contributed by atoms with van der Waals surface area (Å²) in [6.45, 7) is 3.48. The van der Waals surface area contributed by atoms with Gasteiger partial charge in [-0.3, -0.25) is 9.35 Å². The average molecular weight is 908 g/mol. The highest BCUT2D eigenvalue weighted by Gasteiger charge is 2.48. The number of aliphatic hydroxyl groups is 4. The molecule has 0 aromatic heterocycles. The summed E-state index contributed by atoms with van der Waals surface area (Å²) < 4.78 is 47.8. The van der Waals surface area contributed by atoms with Crippen molar-refractivity contribution in [3.05, 3.63) is 0 Å². The van der Waals surface area contributed by atoms with Gasteiger partial charge in [-0.05, 0) is 12.8 Å². The molecule has 0 saturated carbocycles. The summed E-state index contributed by atoms with van der Waals surface area (Å²) in [7, 11) is -5.07. The minimum Gasteiger partial charge on any atom is -0.394 e. The van der Waals surface area contributed by atoms with E-state index in [0.717, 1.165) is 51.4 Å². The van der Waals surface area contributed by atoms with Crippen LogP contribution in [0, 0.1) is 0 Å². The Morgan fingerprint density at radius 1 is 0.581 bits per heavy atom. The summed E-state index contributed by atoms with van der Waals surface area (Å²) in [5, 5.41) is 45.0. The molecule has 12 nitrogen and oxygen atoms in total. The number of hydrogen-bond acceptors (Lipinski definition) is 10. The predicted octanol–water partition coefficient (Wildman–Crippen LogP) is 10.9. The highest BCUT2D eigenvalue weighted by atomic mass is 32.3. The fourth-order valence-electron chi connectivity index (χ4n) is 8.64. The molecule has 1 amide bonds. The van der Waals surface area contributed by atoms with Gasteiger partial charge in [-0.15, -0.1) is 0 Å². The quantitative estimate of drug-likeness (QED) is 0.0252. The van der Waals surface area contributed by atoms with Gasteiger partial charge in [-0.1, -0.05) is 232 Å². The van der Waals surface area contributed by atoms with E-state index in [1.807, 2.05) is 0 Å². The molecule has 0 aromatic rings. The molecule has 62 heavy (non-hydrogen) atoms. The van der Waals surface area contributed by atoms with Gasteiger partial charge < -0.3 is 35.2 Å². The van der Waals surface area contributed by atoms with Gasteiger partial charge in [0.2, 0.25) is 5.91 Å². The Bertz CT molecular complexity index is 1120. The first-order valence-electron chi connectivity index (χ1n) is 25.9. The van der Waals surface area contributed by atoms with Crippen molar-refractivity contribution in [2.75, 3.05) is 13.2 Å². The zero-order valence-corrected chi connectivity index (χ0v) is 40.5. The van der Waals surface area contributed by atoms with Crippen LogP contribution in [0.4, 0.5) is 0 Å². The van der Waals surface area contributed by atoms with E-state index in [1.165, 1.54) is 173 Å². The second-order valence-electron chi connectivity index (χ2n) is 18.5. The number of carbonyl (C=O) groups is 1. The van der Waals surface area contributed by atoms with Crippen LogP contribution in [-0.4, -0.2) is 95.4 Å². The van der Waals surface area contributed by atoms with Gasteiger partial charge in [0.05, 0.1) is 25.4 Å². The first-order chi connectivity index (χ1) is 30.0. The van der Waals surface area contributed by atoms with Gasteiger partial charge in [-0.2, -0.15) is 8.42 Å². The number of rotatable bonds is 45. The number of ether oxygens (including phenoxy) is 2. The molecule has 7 atom stereocenters. The van der Waals surface area contributed by atoms with Crippen molar-refractivity contribution in [3.8, 4) is 0 Å². The lowest BCUT2D eigenvalue weighted by atomic mass is 9.99. The van der Waals surface area contributed by atoms with E-state index < -0.39 is 59.9 Å². The number of unbranched alkanes of at least 4 members (excludes halogenated alkanes) is 33. The summed E-state index contributed by atoms with van der Waals surface area (Å²) >= 11 is 0. The summed E-state index contributed by atoms with van der Waals surface area (Å²) in [5.74, 6) is -0.224. The topological polar surface area (TPSA) is 192 Å². The maximum Gasteiger partial charge on any atom is 0.397 e. The number of amides is 1. The van der Waals surface area contributed by atoms with Crippen molar-refractivity contribution < 1.29 is 51.8 Å². The van der Waals surface area contributed by atoms with E-state index in [4.69, 9.17) is 9.47 Å². The van der Waals surface area contributed by atoms with Gasteiger partial charge >= 0.3 is 10.4 Å². The number of hydrogen-bond donors (Lipinski definition) is 6. The lowest BCUT2D eigenvalue weighted by Gasteiger charge is -2.41. The number of carbonyl (C=O) groups excluding carboxylic acids is 1. The van der Waals surface area contributed by atoms with Gasteiger partial charge in [0.1, 0.15) is 24.4 Å². The van der Waals surface area contributed by atoms with Crippen LogP contribution in [0.25, 0.3) is 0 Å². The third-order valence-corrected chi connectivity index (χ3v) is 13.1. The van der Waals surface area contributed by atoms with Crippen molar-refractivity contribution in [1.29, 1.82) is 0 Å². The van der Waals surface area contributed by atoms with E-state index in [0.29, 0.717) is 12.8 Å². The first kappa shape index (κ1) is 59.1. The molecule has 7 unspecified atom stereocenters. The molecule has 1 saturated heterocycles. The molecule has 0 bridgehead atoms. The minimum atomic E-state index is -5.07. The van der Waals surface area contributed by atoms with Gasteiger partial charge in [-0.25, -0.2) is 4.18 Å². The monoisotopic (exact) mass is 908 g/mol. The minimum absolute atomic E-state index is 0.224. The van der Waals surface area contributed by atoms with E-state index in [2.05, 4.69) is 23.3 Å². The smallest absolute Gasteiger partial charge is 0.394 e. The molecular weight excluding hydrogens is 811 g/mol. The third kappa shape index (κ3) is 32.7. The van der Waals surface area contributed by atoms with Gasteiger partial charge in [0.25, 0.3) is 0 Å². The van der Waals surface area contributed by atoms with Crippen molar-refractivity contribution in [2.24, 2.45) is 0 Å². The fourth-order valence-corrected chi connectivity index (χ4v) is 9.15. The summed E-state index contributed by atoms with van der Waals surface area (Å²) in [6, 6.07) is -0.852. The van der Waals surface area contributed by atoms with Crippen molar-refractivity contribution in [3.63, 3.8) is 0 Å². The molecule has 1 heterocycles. The Morgan fingerprint density at radius 3 is 1.29 bits per heavy atom. The Kier molecular flexibility index (Phi) is 38.5. The van der Waals surface area contributed by atoms with E-state index in [-0.39, 0.29) is 12.5 Å². The molecule has 6 N–H and O–H groups in total. The predicted molar refractivity (Wildman–Crippen MR) is 250 cm³/mol. The summed E-state index contributed by atoms with van der Waals surface area (Å²) in [6.07, 6.45) is 35.2. The maximum atomic E-state index is 13.1. The molecule has 0 aliphatic carbocycles. The largest absolute Gasteiger partial charge is 0.397 e. The van der Waals surface area contributed by atoms with Crippen LogP contribution in [0.2, 0.25) is 0 Å². The Morgan fingerprint density at radius 2 is 0.935 bits per heavy atom. The third-order valence-electron chi connectivity index (χ3n) is 12.7. The average Bonchev–Trinajstić information content (AvgIpc) is 3.24. The van der Waals surface area contributed by atoms with E-state index in [9.17, 15) is 38.2 Å². The molecule has 370 valence electrons. The molecule has 0 radical (unpaired) electrons. The van der Waals surface area contributed by atoms with Crippen molar-refractivity contribution in [1.82, 2.24) is 5.32 Å². The highest BCUT2D eigenvalue weighted by Crippen LogP contribution is 2.26. The molecule has 1 rings (SSSR count).